The fourth-order valence-corrected chi connectivity index (χ4v) is 4.98. The van der Waals surface area contributed by atoms with E-state index >= 15 is 0 Å². The van der Waals surface area contributed by atoms with Gasteiger partial charge in [0.25, 0.3) is 5.91 Å². The van der Waals surface area contributed by atoms with Gasteiger partial charge in [0.1, 0.15) is 5.76 Å². The molecule has 1 aromatic rings. The second-order valence-corrected chi connectivity index (χ2v) is 10.6. The van der Waals surface area contributed by atoms with E-state index in [4.69, 9.17) is 21.1 Å². The topological polar surface area (TPSA) is 64.6 Å². The van der Waals surface area contributed by atoms with E-state index in [1.54, 1.807) is 0 Å². The van der Waals surface area contributed by atoms with Gasteiger partial charge in [-0.1, -0.05) is 11.6 Å². The summed E-state index contributed by atoms with van der Waals surface area (Å²) in [5, 5.41) is 3.81. The van der Waals surface area contributed by atoms with Gasteiger partial charge in [-0.3, -0.25) is 9.59 Å². The van der Waals surface area contributed by atoms with Crippen molar-refractivity contribution in [3.05, 3.63) is 39.6 Å². The number of hydrogen-bond donors (Lipinski definition) is 1. The minimum Gasteiger partial charge on any atom is -0.427 e. The summed E-state index contributed by atoms with van der Waals surface area (Å²) in [6.45, 7) is 14.1. The molecule has 1 spiro atoms. The summed E-state index contributed by atoms with van der Waals surface area (Å²) in [6.07, 6.45) is 2.83. The van der Waals surface area contributed by atoms with E-state index in [0.29, 0.717) is 35.8 Å². The van der Waals surface area contributed by atoms with Gasteiger partial charge < -0.3 is 14.8 Å². The zero-order valence-corrected chi connectivity index (χ0v) is 20.5. The van der Waals surface area contributed by atoms with Crippen molar-refractivity contribution in [1.82, 2.24) is 5.32 Å². The number of aryl methyl sites for hydroxylation is 2. The van der Waals surface area contributed by atoms with E-state index in [2.05, 4.69) is 12.2 Å². The van der Waals surface area contributed by atoms with Crippen LogP contribution in [0.5, 0.6) is 0 Å². The molecule has 0 radical (unpaired) electrons. The highest BCUT2D eigenvalue weighted by molar-refractivity contribution is 6.31. The zero-order valence-electron chi connectivity index (χ0n) is 19.7. The van der Waals surface area contributed by atoms with Crippen LogP contribution in [0.2, 0.25) is 5.02 Å². The Morgan fingerprint density at radius 1 is 1.13 bits per heavy atom. The summed E-state index contributed by atoms with van der Waals surface area (Å²) in [4.78, 5) is 26.3. The molecule has 31 heavy (non-hydrogen) atoms. The molecule has 1 aromatic carbocycles. The molecule has 1 fully saturated rings. The second-order valence-electron chi connectivity index (χ2n) is 10.2. The molecule has 170 valence electrons. The molecule has 0 atom stereocenters. The van der Waals surface area contributed by atoms with Crippen molar-refractivity contribution in [2.75, 3.05) is 6.61 Å². The van der Waals surface area contributed by atoms with E-state index in [1.807, 2.05) is 53.7 Å². The lowest BCUT2D eigenvalue weighted by Crippen LogP contribution is -2.52. The van der Waals surface area contributed by atoms with Gasteiger partial charge in [0, 0.05) is 11.6 Å². The van der Waals surface area contributed by atoms with Gasteiger partial charge >= 0.3 is 5.97 Å². The van der Waals surface area contributed by atoms with Crippen LogP contribution in [0.25, 0.3) is 5.57 Å². The zero-order chi connectivity index (χ0) is 23.2. The molecule has 1 amide bonds. The highest BCUT2D eigenvalue weighted by Gasteiger charge is 2.52. The van der Waals surface area contributed by atoms with Crippen molar-refractivity contribution in [3.63, 3.8) is 0 Å². The van der Waals surface area contributed by atoms with Gasteiger partial charge in [0.2, 0.25) is 0 Å². The van der Waals surface area contributed by atoms with Crippen molar-refractivity contribution in [2.24, 2.45) is 5.41 Å². The molecule has 0 aromatic heterocycles. The molecule has 1 aliphatic carbocycles. The first-order valence-electron chi connectivity index (χ1n) is 11.0. The van der Waals surface area contributed by atoms with Crippen LogP contribution in [0.4, 0.5) is 0 Å². The van der Waals surface area contributed by atoms with Crippen LogP contribution < -0.4 is 5.32 Å². The molecule has 5 nitrogen and oxygen atoms in total. The lowest BCUT2D eigenvalue weighted by Gasteiger charge is -2.43. The largest absolute Gasteiger partial charge is 0.427 e. The number of amides is 1. The number of carbonyl (C=O) groups is 2. The number of ether oxygens (including phenoxy) is 2. The Bertz CT molecular complexity index is 910. The lowest BCUT2D eigenvalue weighted by atomic mass is 9.73. The first-order chi connectivity index (χ1) is 14.3. The fourth-order valence-electron chi connectivity index (χ4n) is 4.66. The maximum Gasteiger partial charge on any atom is 0.316 e. The second kappa shape index (κ2) is 8.25. The van der Waals surface area contributed by atoms with Crippen LogP contribution in [0.15, 0.2) is 17.9 Å². The summed E-state index contributed by atoms with van der Waals surface area (Å²) in [5.41, 5.74) is 1.36. The Morgan fingerprint density at radius 2 is 1.68 bits per heavy atom. The van der Waals surface area contributed by atoms with Crippen LogP contribution in [-0.4, -0.2) is 29.6 Å². The van der Waals surface area contributed by atoms with Crippen molar-refractivity contribution in [1.29, 1.82) is 0 Å². The Hall–Kier alpha value is -1.85. The summed E-state index contributed by atoms with van der Waals surface area (Å²) in [6, 6.07) is 3.68. The smallest absolute Gasteiger partial charge is 0.316 e. The quantitative estimate of drug-likeness (QED) is 0.619. The van der Waals surface area contributed by atoms with Crippen LogP contribution in [0.3, 0.4) is 0 Å². The van der Waals surface area contributed by atoms with Gasteiger partial charge in [0.15, 0.2) is 0 Å². The van der Waals surface area contributed by atoms with E-state index in [0.717, 1.165) is 29.5 Å². The standard InChI is InChI=1S/C25H34ClNO4/c1-8-30-24(7)9-11-25(12-10-24)20(31-22(29)23(4,5)6)19(21(28)27-25)18-15(2)13-17(26)14-16(18)3/h13-14H,8-12H2,1-7H3,(H,27,28). The normalized spacial score (nSPS) is 26.4. The summed E-state index contributed by atoms with van der Waals surface area (Å²) >= 11 is 6.23. The van der Waals surface area contributed by atoms with Crippen LogP contribution in [-0.2, 0) is 19.1 Å². The number of nitrogens with one attached hydrogen (secondary N) is 1. The first kappa shape index (κ1) is 23.8. The molecule has 1 aliphatic heterocycles. The molecule has 0 unspecified atom stereocenters. The van der Waals surface area contributed by atoms with Gasteiger partial charge in [-0.15, -0.1) is 0 Å². The molecule has 6 heteroatoms. The molecule has 1 N–H and O–H groups in total. The van der Waals surface area contributed by atoms with E-state index < -0.39 is 11.0 Å². The average molecular weight is 448 g/mol. The number of hydrogen-bond acceptors (Lipinski definition) is 4. The Labute approximate surface area is 190 Å². The molecule has 1 saturated carbocycles. The predicted molar refractivity (Wildman–Crippen MR) is 123 cm³/mol. The molecule has 3 rings (SSSR count). The van der Waals surface area contributed by atoms with E-state index in [-0.39, 0.29) is 17.5 Å². The van der Waals surface area contributed by atoms with Crippen molar-refractivity contribution < 1.29 is 19.1 Å². The van der Waals surface area contributed by atoms with Crippen molar-refractivity contribution in [2.45, 2.75) is 85.3 Å². The highest BCUT2D eigenvalue weighted by Crippen LogP contribution is 2.48. The van der Waals surface area contributed by atoms with E-state index in [9.17, 15) is 9.59 Å². The third-order valence-corrected chi connectivity index (χ3v) is 6.67. The van der Waals surface area contributed by atoms with Gasteiger partial charge in [-0.25, -0.2) is 0 Å². The maximum absolute atomic E-state index is 13.3. The van der Waals surface area contributed by atoms with Gasteiger partial charge in [0.05, 0.1) is 22.1 Å². The monoisotopic (exact) mass is 447 g/mol. The number of esters is 1. The summed E-state index contributed by atoms with van der Waals surface area (Å²) in [7, 11) is 0. The Kier molecular flexibility index (Phi) is 6.34. The Morgan fingerprint density at radius 3 is 2.16 bits per heavy atom. The predicted octanol–water partition coefficient (Wildman–Crippen LogP) is 5.50. The first-order valence-corrected chi connectivity index (χ1v) is 11.4. The minimum absolute atomic E-state index is 0.203. The number of benzene rings is 1. The van der Waals surface area contributed by atoms with Crippen LogP contribution in [0.1, 0.15) is 77.0 Å². The summed E-state index contributed by atoms with van der Waals surface area (Å²) in [5.74, 6) is -0.104. The molecule has 0 bridgehead atoms. The third-order valence-electron chi connectivity index (χ3n) is 6.45. The van der Waals surface area contributed by atoms with E-state index in [1.165, 1.54) is 0 Å². The van der Waals surface area contributed by atoms with Gasteiger partial charge in [-0.05, 0) is 103 Å². The van der Waals surface area contributed by atoms with Crippen LogP contribution in [0, 0.1) is 19.3 Å². The average Bonchev–Trinajstić information content (AvgIpc) is 2.89. The van der Waals surface area contributed by atoms with Crippen molar-refractivity contribution >= 4 is 29.1 Å². The molecule has 1 heterocycles. The SMILES string of the molecule is CCOC1(C)CCC2(CC1)NC(=O)C(c1c(C)cc(Cl)cc1C)=C2OC(=O)C(C)(C)C. The molecular weight excluding hydrogens is 414 g/mol. The lowest BCUT2D eigenvalue weighted by molar-refractivity contribution is -0.150. The Balaban J connectivity index is 2.14. The number of rotatable bonds is 4. The molecule has 0 saturated heterocycles. The number of halogens is 1. The highest BCUT2D eigenvalue weighted by atomic mass is 35.5. The minimum atomic E-state index is -0.706. The third kappa shape index (κ3) is 4.54. The number of carbonyl (C=O) groups excluding carboxylic acids is 2. The molecule has 2 aliphatic rings. The summed E-state index contributed by atoms with van der Waals surface area (Å²) < 4.78 is 12.0. The fraction of sp³-hybridized carbons (Fsp3) is 0.600. The molecular formula is C25H34ClNO4. The van der Waals surface area contributed by atoms with Crippen LogP contribution >= 0.6 is 11.6 Å². The van der Waals surface area contributed by atoms with Crippen molar-refractivity contribution in [3.8, 4) is 0 Å². The maximum atomic E-state index is 13.3. The van der Waals surface area contributed by atoms with Gasteiger partial charge in [-0.2, -0.15) is 0 Å².